The van der Waals surface area contributed by atoms with Crippen LogP contribution >= 0.6 is 24.4 Å². The lowest BCUT2D eigenvalue weighted by atomic mass is 10.1. The highest BCUT2D eigenvalue weighted by molar-refractivity contribution is 7.98. The highest BCUT2D eigenvalue weighted by atomic mass is 32.2. The van der Waals surface area contributed by atoms with Crippen molar-refractivity contribution in [2.24, 2.45) is 27.9 Å². The number of amides is 4. The second-order valence-corrected chi connectivity index (χ2v) is 8.56. The van der Waals surface area contributed by atoms with Crippen LogP contribution in [-0.4, -0.2) is 89.1 Å². The largest absolute Gasteiger partial charge is 0.480 e. The first-order chi connectivity index (χ1) is 15.9. The van der Waals surface area contributed by atoms with Gasteiger partial charge in [-0.25, -0.2) is 4.79 Å². The number of nitrogens with one attached hydrogen (secondary N) is 3. The Kier molecular flexibility index (Phi) is 15.5. The molecule has 34 heavy (non-hydrogen) atoms. The summed E-state index contributed by atoms with van der Waals surface area (Å²) in [6.45, 7) is 0.168. The van der Waals surface area contributed by atoms with Gasteiger partial charge >= 0.3 is 5.97 Å². The van der Waals surface area contributed by atoms with Crippen molar-refractivity contribution in [3.05, 3.63) is 0 Å². The Labute approximate surface area is 207 Å². The van der Waals surface area contributed by atoms with Crippen LogP contribution in [0.1, 0.15) is 25.7 Å². The van der Waals surface area contributed by atoms with Gasteiger partial charge < -0.3 is 44.0 Å². The normalized spacial score (nSPS) is 14.1. The molecular formula is C18H34N8O6S2. The van der Waals surface area contributed by atoms with E-state index in [1.165, 1.54) is 11.8 Å². The number of hydrogen-bond acceptors (Lipinski definition) is 9. The molecule has 12 N–H and O–H groups in total. The van der Waals surface area contributed by atoms with Crippen molar-refractivity contribution in [1.29, 1.82) is 0 Å². The molecule has 0 heterocycles. The summed E-state index contributed by atoms with van der Waals surface area (Å²) in [5, 5.41) is 16.4. The zero-order valence-corrected chi connectivity index (χ0v) is 20.6. The third kappa shape index (κ3) is 13.1. The van der Waals surface area contributed by atoms with E-state index in [0.717, 1.165) is 0 Å². The summed E-state index contributed by atoms with van der Waals surface area (Å²) >= 11 is 5.33. The molecule has 0 aliphatic heterocycles. The number of carboxylic acids is 1. The van der Waals surface area contributed by atoms with Crippen molar-refractivity contribution in [3.63, 3.8) is 0 Å². The molecule has 4 amide bonds. The van der Waals surface area contributed by atoms with Crippen LogP contribution in [0.25, 0.3) is 0 Å². The molecule has 0 radical (unpaired) electrons. The number of nitrogens with zero attached hydrogens (tertiary/aromatic N) is 1. The first-order valence-electron chi connectivity index (χ1n) is 10.3. The lowest BCUT2D eigenvalue weighted by Crippen LogP contribution is -2.58. The highest BCUT2D eigenvalue weighted by Crippen LogP contribution is 2.05. The van der Waals surface area contributed by atoms with Crippen LogP contribution in [0.3, 0.4) is 0 Å². The van der Waals surface area contributed by atoms with Crippen LogP contribution in [0.5, 0.6) is 0 Å². The van der Waals surface area contributed by atoms with Gasteiger partial charge in [0, 0.05) is 12.3 Å². The molecule has 0 rings (SSSR count). The minimum Gasteiger partial charge on any atom is -0.480 e. The minimum absolute atomic E-state index is 0.0213. The predicted octanol–water partition coefficient (Wildman–Crippen LogP) is -3.54. The summed E-state index contributed by atoms with van der Waals surface area (Å²) in [6.07, 6.45) is 1.68. The monoisotopic (exact) mass is 522 g/mol. The Balaban J connectivity index is 5.51. The molecule has 0 aromatic heterocycles. The van der Waals surface area contributed by atoms with Gasteiger partial charge in [-0.15, -0.1) is 0 Å². The maximum atomic E-state index is 12.9. The van der Waals surface area contributed by atoms with E-state index in [2.05, 4.69) is 33.6 Å². The van der Waals surface area contributed by atoms with Crippen LogP contribution in [-0.2, 0) is 24.0 Å². The van der Waals surface area contributed by atoms with Crippen LogP contribution in [0.15, 0.2) is 4.99 Å². The van der Waals surface area contributed by atoms with Crippen molar-refractivity contribution in [2.45, 2.75) is 49.9 Å². The van der Waals surface area contributed by atoms with Gasteiger partial charge in [-0.2, -0.15) is 24.4 Å². The molecule has 0 aromatic carbocycles. The predicted molar refractivity (Wildman–Crippen MR) is 132 cm³/mol. The van der Waals surface area contributed by atoms with Gasteiger partial charge in [-0.05, 0) is 31.3 Å². The molecule has 0 saturated heterocycles. The third-order valence-electron chi connectivity index (χ3n) is 4.38. The summed E-state index contributed by atoms with van der Waals surface area (Å²) in [5.74, 6) is -4.20. The van der Waals surface area contributed by atoms with Gasteiger partial charge in [0.15, 0.2) is 5.96 Å². The SMILES string of the molecule is CSCCC(NC(=O)C(CC(N)=O)NC(=O)C(CCCN=C(N)N)NC(=O)C(N)CS)C(=O)O. The van der Waals surface area contributed by atoms with Crippen molar-refractivity contribution in [1.82, 2.24) is 16.0 Å². The molecule has 194 valence electrons. The number of primary amides is 1. The molecule has 0 spiro atoms. The first kappa shape index (κ1) is 31.3. The molecule has 0 bridgehead atoms. The van der Waals surface area contributed by atoms with E-state index in [9.17, 15) is 29.1 Å². The third-order valence-corrected chi connectivity index (χ3v) is 5.41. The average Bonchev–Trinajstić information content (AvgIpc) is 2.76. The smallest absolute Gasteiger partial charge is 0.326 e. The Bertz CT molecular complexity index is 750. The Morgan fingerprint density at radius 1 is 0.941 bits per heavy atom. The summed E-state index contributed by atoms with van der Waals surface area (Å²) in [4.78, 5) is 64.4. The number of carboxylic acid groups (broad SMARTS) is 1. The number of carbonyl (C=O) groups excluding carboxylic acids is 4. The number of thiol groups is 1. The van der Waals surface area contributed by atoms with Gasteiger partial charge in [-0.3, -0.25) is 24.2 Å². The molecule has 0 aliphatic carbocycles. The van der Waals surface area contributed by atoms with E-state index in [4.69, 9.17) is 22.9 Å². The molecule has 0 aromatic rings. The van der Waals surface area contributed by atoms with Crippen LogP contribution < -0.4 is 38.9 Å². The molecule has 16 heteroatoms. The van der Waals surface area contributed by atoms with Gasteiger partial charge in [0.25, 0.3) is 0 Å². The fourth-order valence-corrected chi connectivity index (χ4v) is 3.22. The molecule has 14 nitrogen and oxygen atoms in total. The number of guanidine groups is 1. The maximum Gasteiger partial charge on any atom is 0.326 e. The van der Waals surface area contributed by atoms with E-state index < -0.39 is 60.2 Å². The van der Waals surface area contributed by atoms with E-state index in [-0.39, 0.29) is 37.5 Å². The highest BCUT2D eigenvalue weighted by Gasteiger charge is 2.30. The number of aliphatic carboxylic acids is 1. The summed E-state index contributed by atoms with van der Waals surface area (Å²) in [5.41, 5.74) is 21.4. The fourth-order valence-electron chi connectivity index (χ4n) is 2.58. The first-order valence-corrected chi connectivity index (χ1v) is 12.3. The second-order valence-electron chi connectivity index (χ2n) is 7.21. The van der Waals surface area contributed by atoms with E-state index in [1.807, 2.05) is 0 Å². The fraction of sp³-hybridized carbons (Fsp3) is 0.667. The van der Waals surface area contributed by atoms with Gasteiger partial charge in [0.2, 0.25) is 23.6 Å². The van der Waals surface area contributed by atoms with Crippen LogP contribution in [0.2, 0.25) is 0 Å². The minimum atomic E-state index is -1.46. The quantitative estimate of drug-likeness (QED) is 0.0393. The van der Waals surface area contributed by atoms with E-state index in [0.29, 0.717) is 5.75 Å². The van der Waals surface area contributed by atoms with Gasteiger partial charge in [0.1, 0.15) is 18.1 Å². The Hall–Kier alpha value is -2.72. The Morgan fingerprint density at radius 3 is 2.00 bits per heavy atom. The molecule has 0 fully saturated rings. The summed E-state index contributed by atoms with van der Waals surface area (Å²) in [7, 11) is 0. The number of carbonyl (C=O) groups is 5. The lowest BCUT2D eigenvalue weighted by molar-refractivity contribution is -0.142. The summed E-state index contributed by atoms with van der Waals surface area (Å²) in [6, 6.07) is -4.83. The molecule has 0 aliphatic rings. The Morgan fingerprint density at radius 2 is 1.50 bits per heavy atom. The number of nitrogens with two attached hydrogens (primary N) is 4. The molecule has 4 unspecified atom stereocenters. The lowest BCUT2D eigenvalue weighted by Gasteiger charge is -2.24. The second kappa shape index (κ2) is 16.8. The van der Waals surface area contributed by atoms with Crippen molar-refractivity contribution < 1.29 is 29.1 Å². The van der Waals surface area contributed by atoms with Crippen molar-refractivity contribution >= 4 is 59.9 Å². The summed E-state index contributed by atoms with van der Waals surface area (Å²) < 4.78 is 0. The van der Waals surface area contributed by atoms with Gasteiger partial charge in [-0.1, -0.05) is 0 Å². The number of thioether (sulfide) groups is 1. The van der Waals surface area contributed by atoms with Crippen molar-refractivity contribution in [2.75, 3.05) is 24.3 Å². The standard InChI is InChI=1S/C18H34N8O6S2/c1-34-6-4-11(17(31)32)25-16(30)12(7-13(20)27)26-15(29)10(3-2-5-23-18(21)22)24-14(28)9(19)8-33/h9-12,33H,2-8,19H2,1H3,(H2,20,27)(H,24,28)(H,25,30)(H,26,29)(H,31,32)(H4,21,22,23). The van der Waals surface area contributed by atoms with Crippen LogP contribution in [0.4, 0.5) is 0 Å². The number of hydrogen-bond donors (Lipinski definition) is 9. The molecule has 0 saturated carbocycles. The van der Waals surface area contributed by atoms with Gasteiger partial charge in [0.05, 0.1) is 12.5 Å². The zero-order chi connectivity index (χ0) is 26.3. The maximum absolute atomic E-state index is 12.9. The number of rotatable bonds is 17. The van der Waals surface area contributed by atoms with E-state index >= 15 is 0 Å². The number of aliphatic imine (C=N–C) groups is 1. The zero-order valence-electron chi connectivity index (χ0n) is 18.9. The average molecular weight is 523 g/mol. The van der Waals surface area contributed by atoms with Crippen molar-refractivity contribution in [3.8, 4) is 0 Å². The molecular weight excluding hydrogens is 488 g/mol. The topological polar surface area (TPSA) is 258 Å². The van der Waals surface area contributed by atoms with Crippen LogP contribution in [0, 0.1) is 0 Å². The van der Waals surface area contributed by atoms with E-state index in [1.54, 1.807) is 6.26 Å². The molecule has 4 atom stereocenters.